The molecule has 0 heterocycles. The standard InChI is InChI=1S/C13H16O/c1-9-7-11-5-3-4-6-12(11)10(2)13(9)8-14/h7-8H,3-6H2,1-2H3. The van der Waals surface area contributed by atoms with Crippen LogP contribution in [0.2, 0.25) is 0 Å². The Morgan fingerprint density at radius 2 is 1.93 bits per heavy atom. The van der Waals surface area contributed by atoms with Crippen LogP contribution in [-0.2, 0) is 12.8 Å². The largest absolute Gasteiger partial charge is 0.298 e. The summed E-state index contributed by atoms with van der Waals surface area (Å²) in [6, 6.07) is 2.20. The number of hydrogen-bond acceptors (Lipinski definition) is 1. The van der Waals surface area contributed by atoms with E-state index in [4.69, 9.17) is 0 Å². The molecule has 0 saturated carbocycles. The minimum absolute atomic E-state index is 0.908. The summed E-state index contributed by atoms with van der Waals surface area (Å²) < 4.78 is 0. The molecule has 0 amide bonds. The highest BCUT2D eigenvalue weighted by molar-refractivity contribution is 5.80. The van der Waals surface area contributed by atoms with E-state index in [1.54, 1.807) is 0 Å². The summed E-state index contributed by atoms with van der Waals surface area (Å²) in [7, 11) is 0. The van der Waals surface area contributed by atoms with Gasteiger partial charge in [-0.1, -0.05) is 6.07 Å². The van der Waals surface area contributed by atoms with Crippen LogP contribution < -0.4 is 0 Å². The van der Waals surface area contributed by atoms with Crippen LogP contribution in [0.5, 0.6) is 0 Å². The highest BCUT2D eigenvalue weighted by Gasteiger charge is 2.15. The molecule has 1 aliphatic rings. The summed E-state index contributed by atoms with van der Waals surface area (Å²) in [5, 5.41) is 0. The number of carbonyl (C=O) groups excluding carboxylic acids is 1. The molecular formula is C13H16O. The van der Waals surface area contributed by atoms with Crippen LogP contribution in [0.4, 0.5) is 0 Å². The number of fused-ring (bicyclic) bond motifs is 1. The van der Waals surface area contributed by atoms with Crippen molar-refractivity contribution in [2.24, 2.45) is 0 Å². The summed E-state index contributed by atoms with van der Waals surface area (Å²) in [4.78, 5) is 10.9. The second-order valence-electron chi connectivity index (χ2n) is 4.19. The third kappa shape index (κ3) is 1.37. The Morgan fingerprint density at radius 1 is 1.21 bits per heavy atom. The molecule has 0 bridgehead atoms. The van der Waals surface area contributed by atoms with E-state index >= 15 is 0 Å². The molecule has 0 fully saturated rings. The molecule has 1 aliphatic carbocycles. The van der Waals surface area contributed by atoms with Crippen molar-refractivity contribution in [2.45, 2.75) is 39.5 Å². The number of aldehydes is 1. The van der Waals surface area contributed by atoms with Crippen LogP contribution in [0.25, 0.3) is 0 Å². The highest BCUT2D eigenvalue weighted by Crippen LogP contribution is 2.27. The fourth-order valence-electron chi connectivity index (χ4n) is 2.50. The molecule has 0 unspecified atom stereocenters. The first-order valence-electron chi connectivity index (χ1n) is 5.31. The maximum Gasteiger partial charge on any atom is 0.150 e. The average Bonchev–Trinajstić information content (AvgIpc) is 2.18. The van der Waals surface area contributed by atoms with E-state index in [9.17, 15) is 4.79 Å². The zero-order valence-electron chi connectivity index (χ0n) is 8.89. The first-order chi connectivity index (χ1) is 6.74. The smallest absolute Gasteiger partial charge is 0.150 e. The van der Waals surface area contributed by atoms with E-state index in [0.29, 0.717) is 0 Å². The Kier molecular flexibility index (Phi) is 2.40. The van der Waals surface area contributed by atoms with Crippen molar-refractivity contribution in [3.05, 3.63) is 33.9 Å². The minimum Gasteiger partial charge on any atom is -0.298 e. The van der Waals surface area contributed by atoms with E-state index < -0.39 is 0 Å². The first kappa shape index (κ1) is 9.45. The monoisotopic (exact) mass is 188 g/mol. The van der Waals surface area contributed by atoms with Gasteiger partial charge in [-0.15, -0.1) is 0 Å². The van der Waals surface area contributed by atoms with Gasteiger partial charge in [-0.2, -0.15) is 0 Å². The van der Waals surface area contributed by atoms with Gasteiger partial charge in [-0.25, -0.2) is 0 Å². The van der Waals surface area contributed by atoms with Crippen molar-refractivity contribution < 1.29 is 4.79 Å². The van der Waals surface area contributed by atoms with Gasteiger partial charge in [0.1, 0.15) is 0 Å². The maximum atomic E-state index is 10.9. The second kappa shape index (κ2) is 3.56. The Labute approximate surface area is 85.1 Å². The van der Waals surface area contributed by atoms with Crippen LogP contribution in [0.1, 0.15) is 45.5 Å². The van der Waals surface area contributed by atoms with Gasteiger partial charge in [0.25, 0.3) is 0 Å². The van der Waals surface area contributed by atoms with Gasteiger partial charge in [-0.05, 0) is 61.8 Å². The van der Waals surface area contributed by atoms with Crippen LogP contribution in [-0.4, -0.2) is 6.29 Å². The molecule has 1 heteroatoms. The number of hydrogen-bond donors (Lipinski definition) is 0. The molecule has 14 heavy (non-hydrogen) atoms. The van der Waals surface area contributed by atoms with Crippen LogP contribution >= 0.6 is 0 Å². The third-order valence-corrected chi connectivity index (χ3v) is 3.30. The van der Waals surface area contributed by atoms with Crippen molar-refractivity contribution >= 4 is 6.29 Å². The van der Waals surface area contributed by atoms with E-state index in [2.05, 4.69) is 13.0 Å². The normalized spacial score (nSPS) is 15.0. The van der Waals surface area contributed by atoms with Crippen LogP contribution in [0.15, 0.2) is 6.07 Å². The topological polar surface area (TPSA) is 17.1 Å². The van der Waals surface area contributed by atoms with Gasteiger partial charge >= 0.3 is 0 Å². The molecule has 0 N–H and O–H groups in total. The molecule has 0 saturated heterocycles. The first-order valence-corrected chi connectivity index (χ1v) is 5.31. The molecule has 0 aromatic heterocycles. The van der Waals surface area contributed by atoms with E-state index in [-0.39, 0.29) is 0 Å². The lowest BCUT2D eigenvalue weighted by Crippen LogP contribution is -2.08. The number of carbonyl (C=O) groups is 1. The van der Waals surface area contributed by atoms with Gasteiger partial charge in [0.2, 0.25) is 0 Å². The van der Waals surface area contributed by atoms with Gasteiger partial charge in [0, 0.05) is 5.56 Å². The fourth-order valence-corrected chi connectivity index (χ4v) is 2.50. The van der Waals surface area contributed by atoms with Gasteiger partial charge < -0.3 is 0 Å². The SMILES string of the molecule is Cc1cc2c(c(C)c1C=O)CCCC2. The number of benzene rings is 1. The van der Waals surface area contributed by atoms with Gasteiger partial charge in [0.15, 0.2) is 6.29 Å². The summed E-state index contributed by atoms with van der Waals surface area (Å²) >= 11 is 0. The van der Waals surface area contributed by atoms with Crippen molar-refractivity contribution in [1.82, 2.24) is 0 Å². The zero-order valence-corrected chi connectivity index (χ0v) is 8.89. The second-order valence-corrected chi connectivity index (χ2v) is 4.19. The Bertz CT molecular complexity index is 377. The van der Waals surface area contributed by atoms with Crippen molar-refractivity contribution in [3.63, 3.8) is 0 Å². The summed E-state index contributed by atoms with van der Waals surface area (Å²) in [6.45, 7) is 4.12. The highest BCUT2D eigenvalue weighted by atomic mass is 16.1. The lowest BCUT2D eigenvalue weighted by atomic mass is 9.85. The molecule has 74 valence electrons. The number of aryl methyl sites for hydroxylation is 2. The van der Waals surface area contributed by atoms with E-state index in [0.717, 1.165) is 23.8 Å². The Morgan fingerprint density at radius 3 is 2.64 bits per heavy atom. The maximum absolute atomic E-state index is 10.9. The fraction of sp³-hybridized carbons (Fsp3) is 0.462. The predicted molar refractivity (Wildman–Crippen MR) is 57.9 cm³/mol. The van der Waals surface area contributed by atoms with Crippen molar-refractivity contribution in [3.8, 4) is 0 Å². The van der Waals surface area contributed by atoms with Crippen molar-refractivity contribution in [2.75, 3.05) is 0 Å². The predicted octanol–water partition coefficient (Wildman–Crippen LogP) is 2.99. The third-order valence-electron chi connectivity index (χ3n) is 3.30. The molecule has 0 spiro atoms. The molecule has 1 aromatic rings. The van der Waals surface area contributed by atoms with Gasteiger partial charge in [0.05, 0.1) is 0 Å². The molecule has 2 rings (SSSR count). The molecule has 1 aromatic carbocycles. The Balaban J connectivity index is 2.63. The molecule has 1 nitrogen and oxygen atoms in total. The summed E-state index contributed by atoms with van der Waals surface area (Å²) in [6.07, 6.45) is 5.92. The van der Waals surface area contributed by atoms with Crippen LogP contribution in [0, 0.1) is 13.8 Å². The number of rotatable bonds is 1. The summed E-state index contributed by atoms with van der Waals surface area (Å²) in [5.41, 5.74) is 6.17. The molecule has 0 radical (unpaired) electrons. The van der Waals surface area contributed by atoms with E-state index in [1.165, 1.54) is 36.0 Å². The lowest BCUT2D eigenvalue weighted by Gasteiger charge is -2.20. The zero-order chi connectivity index (χ0) is 10.1. The van der Waals surface area contributed by atoms with Crippen molar-refractivity contribution in [1.29, 1.82) is 0 Å². The van der Waals surface area contributed by atoms with E-state index in [1.807, 2.05) is 6.92 Å². The summed E-state index contributed by atoms with van der Waals surface area (Å²) in [5.74, 6) is 0. The molecular weight excluding hydrogens is 172 g/mol. The lowest BCUT2D eigenvalue weighted by molar-refractivity contribution is 0.112. The Hall–Kier alpha value is -1.11. The van der Waals surface area contributed by atoms with Crippen LogP contribution in [0.3, 0.4) is 0 Å². The minimum atomic E-state index is 0.908. The van der Waals surface area contributed by atoms with Gasteiger partial charge in [-0.3, -0.25) is 4.79 Å². The molecule has 0 atom stereocenters. The average molecular weight is 188 g/mol. The quantitative estimate of drug-likeness (QED) is 0.619. The molecule has 0 aliphatic heterocycles.